The first-order valence-electron chi connectivity index (χ1n) is 7.17. The van der Waals surface area contributed by atoms with E-state index < -0.39 is 0 Å². The van der Waals surface area contributed by atoms with E-state index in [0.29, 0.717) is 33.3 Å². The van der Waals surface area contributed by atoms with Gasteiger partial charge in [-0.2, -0.15) is 0 Å². The van der Waals surface area contributed by atoms with E-state index in [0.717, 1.165) is 11.8 Å². The molecule has 1 N–H and O–H groups in total. The number of benzene rings is 1. The lowest BCUT2D eigenvalue weighted by molar-refractivity contribution is -0.113. The number of anilines is 1. The van der Waals surface area contributed by atoms with Crippen LogP contribution >= 0.6 is 23.4 Å². The molecular weight excluding hydrogens is 364 g/mol. The molecule has 0 fully saturated rings. The number of para-hydroxylation sites is 1. The number of nitrogens with one attached hydrogen (secondary N) is 1. The summed E-state index contributed by atoms with van der Waals surface area (Å²) in [7, 11) is 1.57. The molecule has 25 heavy (non-hydrogen) atoms. The average molecular weight is 377 g/mol. The van der Waals surface area contributed by atoms with Crippen molar-refractivity contribution < 1.29 is 13.9 Å². The van der Waals surface area contributed by atoms with Gasteiger partial charge in [-0.05, 0) is 24.3 Å². The Bertz CT molecular complexity index is 870. The Kier molecular flexibility index (Phi) is 5.52. The zero-order chi connectivity index (χ0) is 17.6. The number of aromatic nitrogens is 3. The van der Waals surface area contributed by atoms with Gasteiger partial charge in [0.25, 0.3) is 11.1 Å². The molecule has 0 saturated carbocycles. The molecule has 9 heteroatoms. The molecule has 3 rings (SSSR count). The number of rotatable bonds is 6. The fraction of sp³-hybridized carbons (Fsp3) is 0.125. The van der Waals surface area contributed by atoms with Gasteiger partial charge in [0.05, 0.1) is 23.4 Å². The summed E-state index contributed by atoms with van der Waals surface area (Å²) in [5.41, 5.74) is 0.694. The molecule has 0 atom stereocenters. The second-order valence-corrected chi connectivity index (χ2v) is 6.13. The van der Waals surface area contributed by atoms with Crippen LogP contribution in [0.3, 0.4) is 0 Å². The molecule has 0 aliphatic carbocycles. The van der Waals surface area contributed by atoms with E-state index >= 15 is 0 Å². The van der Waals surface area contributed by atoms with E-state index in [1.54, 1.807) is 25.3 Å². The molecule has 0 unspecified atom stereocenters. The van der Waals surface area contributed by atoms with Gasteiger partial charge in [0.1, 0.15) is 11.6 Å². The minimum Gasteiger partial charge on any atom is -0.496 e. The molecule has 0 saturated heterocycles. The lowest BCUT2D eigenvalue weighted by Crippen LogP contribution is -2.14. The Morgan fingerprint density at radius 2 is 2.12 bits per heavy atom. The lowest BCUT2D eigenvalue weighted by atomic mass is 10.2. The van der Waals surface area contributed by atoms with Crippen LogP contribution in [-0.4, -0.2) is 34.0 Å². The minimum absolute atomic E-state index is 0.109. The molecule has 0 radical (unpaired) electrons. The Morgan fingerprint density at radius 1 is 1.28 bits per heavy atom. The summed E-state index contributed by atoms with van der Waals surface area (Å²) in [6.07, 6.45) is 1.46. The highest BCUT2D eigenvalue weighted by molar-refractivity contribution is 7.99. The van der Waals surface area contributed by atoms with Crippen molar-refractivity contribution in [2.45, 2.75) is 5.22 Å². The first-order chi connectivity index (χ1) is 12.2. The van der Waals surface area contributed by atoms with Crippen LogP contribution in [0, 0.1) is 0 Å². The molecule has 128 valence electrons. The van der Waals surface area contributed by atoms with E-state index in [1.807, 2.05) is 18.2 Å². The van der Waals surface area contributed by atoms with Crippen LogP contribution in [-0.2, 0) is 4.79 Å². The molecule has 0 bridgehead atoms. The molecule has 2 aromatic heterocycles. The van der Waals surface area contributed by atoms with Crippen molar-refractivity contribution in [3.8, 4) is 17.2 Å². The van der Waals surface area contributed by atoms with Gasteiger partial charge in [0.15, 0.2) is 0 Å². The first kappa shape index (κ1) is 17.2. The molecule has 1 aromatic carbocycles. The van der Waals surface area contributed by atoms with Gasteiger partial charge >= 0.3 is 0 Å². The Labute approximate surface area is 152 Å². The van der Waals surface area contributed by atoms with Gasteiger partial charge in [-0.1, -0.05) is 35.5 Å². The maximum absolute atomic E-state index is 11.9. The van der Waals surface area contributed by atoms with Crippen molar-refractivity contribution in [1.82, 2.24) is 15.2 Å². The fourth-order valence-corrected chi connectivity index (χ4v) is 2.63. The molecule has 1 amide bonds. The minimum atomic E-state index is -0.239. The number of pyridine rings is 1. The predicted molar refractivity (Wildman–Crippen MR) is 94.9 cm³/mol. The van der Waals surface area contributed by atoms with Gasteiger partial charge in [-0.25, -0.2) is 4.98 Å². The molecule has 2 heterocycles. The average Bonchev–Trinajstić information content (AvgIpc) is 3.11. The van der Waals surface area contributed by atoms with E-state index in [1.165, 1.54) is 6.20 Å². The Hall–Kier alpha value is -2.58. The summed E-state index contributed by atoms with van der Waals surface area (Å²) < 4.78 is 10.8. The number of hydrogen-bond donors (Lipinski definition) is 1. The third-order valence-corrected chi connectivity index (χ3v) is 4.11. The highest BCUT2D eigenvalue weighted by Crippen LogP contribution is 2.30. The third-order valence-electron chi connectivity index (χ3n) is 3.07. The SMILES string of the molecule is COc1ccccc1-c1nnc(SCC(=O)Nc2ccc(Cl)cn2)o1. The maximum Gasteiger partial charge on any atom is 0.277 e. The van der Waals surface area contributed by atoms with Crippen LogP contribution in [0.25, 0.3) is 11.5 Å². The summed E-state index contributed by atoms with van der Waals surface area (Å²) in [5, 5.41) is 11.4. The second-order valence-electron chi connectivity index (χ2n) is 4.77. The standard InChI is InChI=1S/C16H13ClN4O3S/c1-23-12-5-3-2-4-11(12)15-20-21-16(24-15)25-9-14(22)19-13-7-6-10(17)8-18-13/h2-8H,9H2,1H3,(H,18,19,22). The number of carbonyl (C=O) groups excluding carboxylic acids is 1. The number of methoxy groups -OCH3 is 1. The van der Waals surface area contributed by atoms with E-state index in [9.17, 15) is 4.79 Å². The highest BCUT2D eigenvalue weighted by atomic mass is 35.5. The van der Waals surface area contributed by atoms with Crippen LogP contribution in [0.4, 0.5) is 5.82 Å². The molecule has 0 aliphatic rings. The first-order valence-corrected chi connectivity index (χ1v) is 8.53. The molecule has 0 spiro atoms. The van der Waals surface area contributed by atoms with Crippen molar-refractivity contribution in [1.29, 1.82) is 0 Å². The summed E-state index contributed by atoms with van der Waals surface area (Å²) in [6.45, 7) is 0. The smallest absolute Gasteiger partial charge is 0.277 e. The molecule has 3 aromatic rings. The van der Waals surface area contributed by atoms with Gasteiger partial charge in [-0.15, -0.1) is 10.2 Å². The van der Waals surface area contributed by atoms with E-state index in [2.05, 4.69) is 20.5 Å². The van der Waals surface area contributed by atoms with Gasteiger partial charge < -0.3 is 14.5 Å². The van der Waals surface area contributed by atoms with Gasteiger partial charge in [0.2, 0.25) is 5.91 Å². The third kappa shape index (κ3) is 4.49. The fourth-order valence-electron chi connectivity index (χ4n) is 1.95. The summed E-state index contributed by atoms with van der Waals surface area (Å²) in [4.78, 5) is 15.9. The van der Waals surface area contributed by atoms with Crippen molar-refractivity contribution in [2.24, 2.45) is 0 Å². The van der Waals surface area contributed by atoms with E-state index in [-0.39, 0.29) is 11.7 Å². The van der Waals surface area contributed by atoms with Crippen LogP contribution in [0.1, 0.15) is 0 Å². The Morgan fingerprint density at radius 3 is 2.88 bits per heavy atom. The van der Waals surface area contributed by atoms with Gasteiger partial charge in [-0.3, -0.25) is 4.79 Å². The highest BCUT2D eigenvalue weighted by Gasteiger charge is 2.14. The maximum atomic E-state index is 11.9. The molecular formula is C16H13ClN4O3S. The largest absolute Gasteiger partial charge is 0.496 e. The molecule has 0 aliphatic heterocycles. The number of carbonyl (C=O) groups is 1. The zero-order valence-corrected chi connectivity index (χ0v) is 14.7. The number of hydrogen-bond acceptors (Lipinski definition) is 7. The van der Waals surface area contributed by atoms with Crippen LogP contribution < -0.4 is 10.1 Å². The van der Waals surface area contributed by atoms with Crippen molar-refractivity contribution in [2.75, 3.05) is 18.2 Å². The molecule has 7 nitrogen and oxygen atoms in total. The van der Waals surface area contributed by atoms with Crippen molar-refractivity contribution in [3.63, 3.8) is 0 Å². The predicted octanol–water partition coefficient (Wildman–Crippen LogP) is 3.52. The lowest BCUT2D eigenvalue weighted by Gasteiger charge is -2.03. The van der Waals surface area contributed by atoms with Crippen LogP contribution in [0.5, 0.6) is 5.75 Å². The van der Waals surface area contributed by atoms with E-state index in [4.69, 9.17) is 20.8 Å². The summed E-state index contributed by atoms with van der Waals surface area (Å²) in [5.74, 6) is 1.26. The summed E-state index contributed by atoms with van der Waals surface area (Å²) in [6, 6.07) is 10.6. The summed E-state index contributed by atoms with van der Waals surface area (Å²) >= 11 is 6.88. The second kappa shape index (κ2) is 8.00. The number of amides is 1. The topological polar surface area (TPSA) is 90.1 Å². The van der Waals surface area contributed by atoms with Crippen molar-refractivity contribution >= 4 is 35.1 Å². The van der Waals surface area contributed by atoms with Crippen molar-refractivity contribution in [3.05, 3.63) is 47.6 Å². The Balaban J connectivity index is 1.60. The number of ether oxygens (including phenoxy) is 1. The number of thioether (sulfide) groups is 1. The number of nitrogens with zero attached hydrogens (tertiary/aromatic N) is 3. The van der Waals surface area contributed by atoms with Crippen LogP contribution in [0.2, 0.25) is 5.02 Å². The normalized spacial score (nSPS) is 10.5. The zero-order valence-electron chi connectivity index (χ0n) is 13.1. The van der Waals surface area contributed by atoms with Gasteiger partial charge in [0, 0.05) is 6.20 Å². The monoisotopic (exact) mass is 376 g/mol. The van der Waals surface area contributed by atoms with Crippen LogP contribution in [0.15, 0.2) is 52.2 Å². The quantitative estimate of drug-likeness (QED) is 0.658. The number of halogens is 1.